The van der Waals surface area contributed by atoms with Crippen LogP contribution in [0.15, 0.2) is 10.2 Å². The predicted octanol–water partition coefficient (Wildman–Crippen LogP) is 1.32. The Balaban J connectivity index is 3.48. The fraction of sp³-hybridized carbons (Fsp3) is 0.667. The summed E-state index contributed by atoms with van der Waals surface area (Å²) < 4.78 is 0. The zero-order valence-electron chi connectivity index (χ0n) is 6.20. The Morgan fingerprint density at radius 1 is 1.44 bits per heavy atom. The first kappa shape index (κ1) is 8.14. The molecule has 0 atom stereocenters. The van der Waals surface area contributed by atoms with E-state index in [-0.39, 0.29) is 0 Å². The topological polar surface area (TPSA) is 28.0 Å². The maximum Gasteiger partial charge on any atom is 0.0495 e. The van der Waals surface area contributed by atoms with Crippen LogP contribution in [0.25, 0.3) is 0 Å². The molecule has 0 aromatic rings. The van der Waals surface area contributed by atoms with Gasteiger partial charge in [0.2, 0.25) is 0 Å². The van der Waals surface area contributed by atoms with Crippen molar-refractivity contribution in [3.05, 3.63) is 0 Å². The molecule has 0 spiro atoms. The lowest BCUT2D eigenvalue weighted by molar-refractivity contribution is 0.380. The van der Waals surface area contributed by atoms with Crippen LogP contribution in [0.2, 0.25) is 0 Å². The number of hydrazone groups is 2. The fourth-order valence-electron chi connectivity index (χ4n) is 0.397. The fourth-order valence-corrected chi connectivity index (χ4v) is 0.397. The van der Waals surface area contributed by atoms with Crippen LogP contribution in [-0.2, 0) is 0 Å². The molecule has 0 bridgehead atoms. The maximum atomic E-state index is 3.94. The van der Waals surface area contributed by atoms with Gasteiger partial charge in [0.05, 0.1) is 0 Å². The smallest absolute Gasteiger partial charge is 0.0495 e. The second-order valence-corrected chi connectivity index (χ2v) is 1.57. The molecule has 0 rings (SSSR count). The van der Waals surface area contributed by atoms with Crippen molar-refractivity contribution in [2.45, 2.75) is 20.3 Å². The first-order chi connectivity index (χ1) is 4.31. The molecule has 0 saturated carbocycles. The molecule has 9 heavy (non-hydrogen) atoms. The molecule has 0 radical (unpaired) electrons. The van der Waals surface area contributed by atoms with Crippen LogP contribution in [0.3, 0.4) is 0 Å². The van der Waals surface area contributed by atoms with Gasteiger partial charge in [0.1, 0.15) is 0 Å². The van der Waals surface area contributed by atoms with Crippen molar-refractivity contribution in [2.75, 3.05) is 7.05 Å². The summed E-state index contributed by atoms with van der Waals surface area (Å²) in [6, 6.07) is 0. The van der Waals surface area contributed by atoms with Crippen LogP contribution in [0.1, 0.15) is 20.3 Å². The van der Waals surface area contributed by atoms with Crippen LogP contribution in [0.4, 0.5) is 0 Å². The minimum absolute atomic E-state index is 0.948. The number of hydrogen-bond donors (Lipinski definition) is 0. The summed E-state index contributed by atoms with van der Waals surface area (Å²) in [7, 11) is 1.80. The second kappa shape index (κ2) is 5.28. The summed E-state index contributed by atoms with van der Waals surface area (Å²) in [6.07, 6.45) is 4.46. The molecule has 0 aliphatic rings. The van der Waals surface area contributed by atoms with Gasteiger partial charge in [0, 0.05) is 19.5 Å². The van der Waals surface area contributed by atoms with Crippen LogP contribution >= 0.6 is 0 Å². The van der Waals surface area contributed by atoms with E-state index in [1.807, 2.05) is 20.1 Å². The standard InChI is InChI=1S/C6H13N3/c1-4-6-8-9(3)7-5-2/h5-6H,4H2,1-3H3/b7-5-,8-6-. The summed E-state index contributed by atoms with van der Waals surface area (Å²) in [5.74, 6) is 0. The summed E-state index contributed by atoms with van der Waals surface area (Å²) >= 11 is 0. The third-order valence-corrected chi connectivity index (χ3v) is 0.714. The first-order valence-electron chi connectivity index (χ1n) is 3.06. The molecule has 0 fully saturated rings. The molecule has 0 heterocycles. The van der Waals surface area contributed by atoms with E-state index in [2.05, 4.69) is 10.2 Å². The number of nitrogens with zero attached hydrogens (tertiary/aromatic N) is 3. The summed E-state index contributed by atoms with van der Waals surface area (Å²) in [4.78, 5) is 0. The van der Waals surface area contributed by atoms with E-state index in [0.717, 1.165) is 6.42 Å². The van der Waals surface area contributed by atoms with E-state index < -0.39 is 0 Å². The van der Waals surface area contributed by atoms with E-state index in [9.17, 15) is 0 Å². The molecule has 0 saturated heterocycles. The summed E-state index contributed by atoms with van der Waals surface area (Å²) in [5.41, 5.74) is 0. The Morgan fingerprint density at radius 2 is 2.11 bits per heavy atom. The summed E-state index contributed by atoms with van der Waals surface area (Å²) in [5, 5.41) is 9.35. The van der Waals surface area contributed by atoms with Crippen LogP contribution in [0, 0.1) is 0 Å². The summed E-state index contributed by atoms with van der Waals surface area (Å²) in [6.45, 7) is 3.89. The zero-order chi connectivity index (χ0) is 7.11. The van der Waals surface area contributed by atoms with Gasteiger partial charge in [0.25, 0.3) is 0 Å². The first-order valence-corrected chi connectivity index (χ1v) is 3.06. The van der Waals surface area contributed by atoms with Crippen molar-refractivity contribution in [1.82, 2.24) is 5.12 Å². The lowest BCUT2D eigenvalue weighted by atomic mass is 10.6. The van der Waals surface area contributed by atoms with Crippen LogP contribution in [-0.4, -0.2) is 24.6 Å². The molecule has 3 heteroatoms. The van der Waals surface area contributed by atoms with Crippen molar-refractivity contribution >= 4 is 12.4 Å². The molecule has 3 nitrogen and oxygen atoms in total. The highest BCUT2D eigenvalue weighted by Crippen LogP contribution is 1.81. The molecule has 52 valence electrons. The zero-order valence-corrected chi connectivity index (χ0v) is 6.20. The van der Waals surface area contributed by atoms with Gasteiger partial charge in [-0.05, 0) is 13.3 Å². The molecular weight excluding hydrogens is 114 g/mol. The Kier molecular flexibility index (Phi) is 4.78. The highest BCUT2D eigenvalue weighted by molar-refractivity contribution is 5.56. The van der Waals surface area contributed by atoms with Crippen molar-refractivity contribution < 1.29 is 0 Å². The minimum Gasteiger partial charge on any atom is -0.189 e. The van der Waals surface area contributed by atoms with Crippen molar-refractivity contribution in [1.29, 1.82) is 0 Å². The van der Waals surface area contributed by atoms with Gasteiger partial charge in [-0.1, -0.05) is 6.92 Å². The molecule has 0 N–H and O–H groups in total. The highest BCUT2D eigenvalue weighted by Gasteiger charge is 1.77. The van der Waals surface area contributed by atoms with E-state index in [1.54, 1.807) is 13.3 Å². The molecule has 0 aliphatic heterocycles. The molecule has 0 amide bonds. The minimum atomic E-state index is 0.948. The van der Waals surface area contributed by atoms with E-state index in [4.69, 9.17) is 0 Å². The van der Waals surface area contributed by atoms with Gasteiger partial charge in [-0.25, -0.2) is 0 Å². The van der Waals surface area contributed by atoms with Crippen molar-refractivity contribution in [3.8, 4) is 0 Å². The van der Waals surface area contributed by atoms with E-state index >= 15 is 0 Å². The third kappa shape index (κ3) is 5.00. The molecule has 0 aromatic carbocycles. The van der Waals surface area contributed by atoms with Gasteiger partial charge in [-0.2, -0.15) is 15.3 Å². The maximum absolute atomic E-state index is 3.94. The Hall–Kier alpha value is -0.860. The Labute approximate surface area is 56.1 Å². The molecule has 0 aliphatic carbocycles. The van der Waals surface area contributed by atoms with Crippen molar-refractivity contribution in [3.63, 3.8) is 0 Å². The normalized spacial score (nSPS) is 11.4. The van der Waals surface area contributed by atoms with Gasteiger partial charge in [0.15, 0.2) is 0 Å². The molecular formula is C6H13N3. The van der Waals surface area contributed by atoms with E-state index in [0.29, 0.717) is 0 Å². The van der Waals surface area contributed by atoms with Crippen LogP contribution < -0.4 is 0 Å². The van der Waals surface area contributed by atoms with Gasteiger partial charge in [-0.3, -0.25) is 0 Å². The molecule has 0 unspecified atom stereocenters. The largest absolute Gasteiger partial charge is 0.189 e. The number of hydrogen-bond acceptors (Lipinski definition) is 3. The van der Waals surface area contributed by atoms with Gasteiger partial charge in [-0.15, -0.1) is 0 Å². The van der Waals surface area contributed by atoms with Crippen LogP contribution in [0.5, 0.6) is 0 Å². The van der Waals surface area contributed by atoms with Gasteiger partial charge < -0.3 is 0 Å². The quantitative estimate of drug-likeness (QED) is 0.415. The average molecular weight is 127 g/mol. The second-order valence-electron chi connectivity index (χ2n) is 1.57. The average Bonchev–Trinajstić information content (AvgIpc) is 1.85. The number of rotatable bonds is 3. The van der Waals surface area contributed by atoms with Gasteiger partial charge >= 0.3 is 0 Å². The highest BCUT2D eigenvalue weighted by atomic mass is 15.6. The SMILES string of the molecule is C/C=N\N(C)/N=C\CC. The lowest BCUT2D eigenvalue weighted by Gasteiger charge is -2.01. The Bertz CT molecular complexity index is 107. The molecule has 0 aromatic heterocycles. The monoisotopic (exact) mass is 127 g/mol. The van der Waals surface area contributed by atoms with E-state index in [1.165, 1.54) is 5.12 Å². The predicted molar refractivity (Wildman–Crippen MR) is 40.7 cm³/mol. The third-order valence-electron chi connectivity index (χ3n) is 0.714. The Morgan fingerprint density at radius 3 is 2.56 bits per heavy atom. The van der Waals surface area contributed by atoms with Crippen molar-refractivity contribution in [2.24, 2.45) is 10.2 Å². The lowest BCUT2D eigenvalue weighted by Crippen LogP contribution is -2.00.